The van der Waals surface area contributed by atoms with Crippen molar-refractivity contribution in [2.24, 2.45) is 0 Å². The van der Waals surface area contributed by atoms with E-state index in [4.69, 9.17) is 4.74 Å². The number of hydrogen-bond donors (Lipinski definition) is 0. The van der Waals surface area contributed by atoms with E-state index >= 15 is 0 Å². The quantitative estimate of drug-likeness (QED) is 0.337. The molecule has 1 unspecified atom stereocenters. The summed E-state index contributed by atoms with van der Waals surface area (Å²) in [6.45, 7) is 1.86. The van der Waals surface area contributed by atoms with Crippen molar-refractivity contribution in [3.05, 3.63) is 89.0 Å². The molecule has 0 bridgehead atoms. The number of benzene rings is 3. The van der Waals surface area contributed by atoms with E-state index in [-0.39, 0.29) is 11.7 Å². The van der Waals surface area contributed by atoms with E-state index in [0.717, 1.165) is 48.7 Å². The molecule has 8 heteroatoms. The van der Waals surface area contributed by atoms with E-state index in [1.165, 1.54) is 25.3 Å². The van der Waals surface area contributed by atoms with Crippen molar-refractivity contribution in [2.45, 2.75) is 37.7 Å². The zero-order chi connectivity index (χ0) is 25.2. The molecule has 0 radical (unpaired) electrons. The van der Waals surface area contributed by atoms with E-state index in [1.807, 2.05) is 24.3 Å². The minimum atomic E-state index is -4.50. The summed E-state index contributed by atoms with van der Waals surface area (Å²) in [7, 11) is 1.22. The normalized spacial score (nSPS) is 17.4. The summed E-state index contributed by atoms with van der Waals surface area (Å²) in [5, 5.41) is 0. The maximum absolute atomic E-state index is 13.4. The maximum Gasteiger partial charge on any atom is 0.419 e. The van der Waals surface area contributed by atoms with Gasteiger partial charge in [0.25, 0.3) is 0 Å². The first-order valence-corrected chi connectivity index (χ1v) is 11.3. The fourth-order valence-electron chi connectivity index (χ4n) is 4.63. The first kappa shape index (κ1) is 25.1. The second-order valence-electron chi connectivity index (χ2n) is 8.81. The lowest BCUT2D eigenvalue weighted by Gasteiger charge is -2.33. The summed E-state index contributed by atoms with van der Waals surface area (Å²) in [6, 6.07) is 17.0. The highest BCUT2D eigenvalue weighted by Gasteiger charge is 2.35. The number of halogens is 6. The van der Waals surface area contributed by atoms with Gasteiger partial charge in [0.1, 0.15) is 5.75 Å². The second-order valence-corrected chi connectivity index (χ2v) is 8.81. The molecule has 3 aromatic rings. The number of rotatable bonds is 5. The molecule has 2 nitrogen and oxygen atoms in total. The van der Waals surface area contributed by atoms with Gasteiger partial charge in [0, 0.05) is 13.1 Å². The summed E-state index contributed by atoms with van der Waals surface area (Å²) in [6.07, 6.45) is -7.04. The number of ether oxygens (including phenoxy) is 1. The standard InChI is InChI=1S/C27H25F6NO/c1-35-25-12-7-18(14-24(25)27(31,32)33)16-34-13-3-6-22(17-34)21-5-2-4-20(15-21)19-8-10-23(11-9-19)26(28,29)30/h2,4-5,7-12,14-15,22H,3,6,13,16-17H2,1H3. The molecule has 0 aliphatic carbocycles. The van der Waals surface area contributed by atoms with Gasteiger partial charge >= 0.3 is 12.4 Å². The Hall–Kier alpha value is -3.00. The van der Waals surface area contributed by atoms with E-state index in [1.54, 1.807) is 6.07 Å². The Kier molecular flexibility index (Phi) is 7.12. The Balaban J connectivity index is 1.49. The fourth-order valence-corrected chi connectivity index (χ4v) is 4.63. The predicted octanol–water partition coefficient (Wildman–Crippen LogP) is 7.78. The van der Waals surface area contributed by atoms with Gasteiger partial charge in [-0.05, 0) is 71.8 Å². The first-order valence-electron chi connectivity index (χ1n) is 11.3. The molecule has 1 aliphatic heterocycles. The molecule has 0 amide bonds. The molecule has 1 atom stereocenters. The van der Waals surface area contributed by atoms with Crippen LogP contribution in [0.3, 0.4) is 0 Å². The lowest BCUT2D eigenvalue weighted by Crippen LogP contribution is -2.34. The van der Waals surface area contributed by atoms with Crippen molar-refractivity contribution in [3.63, 3.8) is 0 Å². The molecule has 1 saturated heterocycles. The summed E-state index contributed by atoms with van der Waals surface area (Å²) in [5.41, 5.74) is 1.70. The van der Waals surface area contributed by atoms with Gasteiger partial charge in [0.05, 0.1) is 18.2 Å². The number of hydrogen-bond acceptors (Lipinski definition) is 2. The molecule has 1 fully saturated rings. The Morgan fingerprint density at radius 1 is 0.857 bits per heavy atom. The second kappa shape index (κ2) is 9.93. The molecular formula is C27H25F6NO. The Morgan fingerprint density at radius 3 is 2.26 bits per heavy atom. The Bertz CT molecular complexity index is 1150. The highest BCUT2D eigenvalue weighted by atomic mass is 19.4. The van der Waals surface area contributed by atoms with E-state index < -0.39 is 23.5 Å². The van der Waals surface area contributed by atoms with Crippen molar-refractivity contribution in [1.82, 2.24) is 4.90 Å². The van der Waals surface area contributed by atoms with Gasteiger partial charge in [-0.1, -0.05) is 42.5 Å². The summed E-state index contributed by atoms with van der Waals surface area (Å²) in [5.74, 6) is -0.0173. The van der Waals surface area contributed by atoms with Crippen molar-refractivity contribution >= 4 is 0 Å². The van der Waals surface area contributed by atoms with Gasteiger partial charge in [0.2, 0.25) is 0 Å². The predicted molar refractivity (Wildman–Crippen MR) is 122 cm³/mol. The minimum absolute atomic E-state index is 0.179. The summed E-state index contributed by atoms with van der Waals surface area (Å²) < 4.78 is 83.7. The van der Waals surface area contributed by atoms with Crippen LogP contribution >= 0.6 is 0 Å². The molecule has 3 aromatic carbocycles. The molecular weight excluding hydrogens is 468 g/mol. The van der Waals surface area contributed by atoms with Crippen LogP contribution in [0.2, 0.25) is 0 Å². The summed E-state index contributed by atoms with van der Waals surface area (Å²) in [4.78, 5) is 2.14. The van der Waals surface area contributed by atoms with Crippen LogP contribution in [0.5, 0.6) is 5.75 Å². The monoisotopic (exact) mass is 493 g/mol. The van der Waals surface area contributed by atoms with Gasteiger partial charge in [-0.25, -0.2) is 0 Å². The van der Waals surface area contributed by atoms with Crippen LogP contribution in [0.15, 0.2) is 66.7 Å². The zero-order valence-corrected chi connectivity index (χ0v) is 19.1. The molecule has 1 heterocycles. The van der Waals surface area contributed by atoms with Crippen molar-refractivity contribution in [3.8, 4) is 16.9 Å². The van der Waals surface area contributed by atoms with Gasteiger partial charge < -0.3 is 4.74 Å². The third-order valence-electron chi connectivity index (χ3n) is 6.38. The number of likely N-dealkylation sites (tertiary alicyclic amines) is 1. The average molecular weight is 493 g/mol. The van der Waals surface area contributed by atoms with Gasteiger partial charge in [-0.2, -0.15) is 26.3 Å². The van der Waals surface area contributed by atoms with Crippen molar-refractivity contribution in [2.75, 3.05) is 20.2 Å². The average Bonchev–Trinajstić information content (AvgIpc) is 2.83. The third-order valence-corrected chi connectivity index (χ3v) is 6.38. The van der Waals surface area contributed by atoms with E-state index in [0.29, 0.717) is 24.2 Å². The maximum atomic E-state index is 13.4. The fraction of sp³-hybridized carbons (Fsp3) is 0.333. The minimum Gasteiger partial charge on any atom is -0.496 e. The van der Waals surface area contributed by atoms with Crippen molar-refractivity contribution < 1.29 is 31.1 Å². The lowest BCUT2D eigenvalue weighted by molar-refractivity contribution is -0.139. The van der Waals surface area contributed by atoms with Crippen LogP contribution in [0.4, 0.5) is 26.3 Å². The molecule has 0 aromatic heterocycles. The molecule has 186 valence electrons. The van der Waals surface area contributed by atoms with Crippen LogP contribution in [-0.2, 0) is 18.9 Å². The molecule has 35 heavy (non-hydrogen) atoms. The number of piperidine rings is 1. The molecule has 1 aliphatic rings. The highest BCUT2D eigenvalue weighted by molar-refractivity contribution is 5.64. The van der Waals surface area contributed by atoms with Crippen LogP contribution in [0, 0.1) is 0 Å². The molecule has 0 spiro atoms. The van der Waals surface area contributed by atoms with Crippen LogP contribution in [0.25, 0.3) is 11.1 Å². The number of methoxy groups -OCH3 is 1. The summed E-state index contributed by atoms with van der Waals surface area (Å²) >= 11 is 0. The van der Waals surface area contributed by atoms with Gasteiger partial charge in [0.15, 0.2) is 0 Å². The number of nitrogens with zero attached hydrogens (tertiary/aromatic N) is 1. The largest absolute Gasteiger partial charge is 0.496 e. The Morgan fingerprint density at radius 2 is 1.60 bits per heavy atom. The van der Waals surface area contributed by atoms with Crippen LogP contribution < -0.4 is 4.74 Å². The molecule has 4 rings (SSSR count). The zero-order valence-electron chi connectivity index (χ0n) is 19.1. The van der Waals surface area contributed by atoms with Crippen LogP contribution in [0.1, 0.15) is 41.0 Å². The SMILES string of the molecule is COc1ccc(CN2CCCC(c3cccc(-c4ccc(C(F)(F)F)cc4)c3)C2)cc1C(F)(F)F. The van der Waals surface area contributed by atoms with E-state index in [9.17, 15) is 26.3 Å². The Labute approximate surface area is 200 Å². The van der Waals surface area contributed by atoms with Crippen LogP contribution in [-0.4, -0.2) is 25.1 Å². The third kappa shape index (κ3) is 5.99. The highest BCUT2D eigenvalue weighted by Crippen LogP contribution is 2.38. The number of alkyl halides is 6. The molecule has 0 N–H and O–H groups in total. The topological polar surface area (TPSA) is 12.5 Å². The van der Waals surface area contributed by atoms with E-state index in [2.05, 4.69) is 4.90 Å². The lowest BCUT2D eigenvalue weighted by atomic mass is 9.88. The first-order chi connectivity index (χ1) is 16.5. The molecule has 0 saturated carbocycles. The van der Waals surface area contributed by atoms with Gasteiger partial charge in [-0.15, -0.1) is 0 Å². The van der Waals surface area contributed by atoms with Crippen molar-refractivity contribution in [1.29, 1.82) is 0 Å². The smallest absolute Gasteiger partial charge is 0.419 e. The van der Waals surface area contributed by atoms with Gasteiger partial charge in [-0.3, -0.25) is 4.90 Å².